The average Bonchev–Trinajstić information content (AvgIpc) is 0.803. The first-order valence-electron chi connectivity index (χ1n) is 46.6. The lowest BCUT2D eigenvalue weighted by atomic mass is 9.48. The molecule has 0 radical (unpaired) electrons. The van der Waals surface area contributed by atoms with Crippen molar-refractivity contribution in [2.24, 2.45) is 63.1 Å². The molecule has 14 fully saturated rings. The number of phenols is 1. The van der Waals surface area contributed by atoms with Gasteiger partial charge < -0.3 is 75.8 Å². The van der Waals surface area contributed by atoms with E-state index in [0.29, 0.717) is 116 Å². The highest BCUT2D eigenvalue weighted by Gasteiger charge is 2.66. The van der Waals surface area contributed by atoms with Crippen LogP contribution in [0.2, 0.25) is 0 Å². The molecular weight excluding hydrogens is 1560 g/mol. The van der Waals surface area contributed by atoms with Gasteiger partial charge in [0.1, 0.15) is 47.1 Å². The summed E-state index contributed by atoms with van der Waals surface area (Å²) in [6, 6.07) is 18.0. The van der Waals surface area contributed by atoms with Gasteiger partial charge in [0.2, 0.25) is 0 Å². The molecule has 1 N–H and O–H groups in total. The van der Waals surface area contributed by atoms with E-state index in [2.05, 4.69) is 32.0 Å². The van der Waals surface area contributed by atoms with E-state index in [0.717, 1.165) is 197 Å². The molecule has 0 amide bonds. The van der Waals surface area contributed by atoms with E-state index < -0.39 is 38.5 Å². The van der Waals surface area contributed by atoms with Gasteiger partial charge in [0.25, 0.3) is 0 Å². The smallest absolute Gasteiger partial charge is 0.317 e. The summed E-state index contributed by atoms with van der Waals surface area (Å²) in [5, 5.41) is 11.5. The highest BCUT2D eigenvalue weighted by Crippen LogP contribution is 2.66. The number of aryl methyl sites for hydroxylation is 1. The average molecular weight is 1700 g/mol. The number of furan rings is 1. The number of ether oxygens (including phenoxy) is 14. The van der Waals surface area contributed by atoms with Gasteiger partial charge in [-0.2, -0.15) is 0 Å². The molecule has 0 saturated heterocycles. The van der Waals surface area contributed by atoms with Gasteiger partial charge in [0.05, 0.1) is 105 Å². The quantitative estimate of drug-likeness (QED) is 0.0225. The summed E-state index contributed by atoms with van der Waals surface area (Å²) in [4.78, 5) is 67.2. The number of carbonyl (C=O) groups excluding carboxylic acids is 5. The standard InChI is InChI=1S/C38H56O6.C37H48O8.C27H38O7/c1-5-36(3,4)34(39)44-38-21-27-18-28(22-38)20-37(19-27,25-38)35(40)43-33-29(23-41-31-12-8-6-9-13-31)16-26(2)17-30(33)24-42-32-14-10-7-11-15-32;1-7-35(2,3)34(38)45-37-17-25-10-26(18-37)16-36(15-25,23-37)44-22-28-13-27-8-9-42-31(27)14-29(28)21-43-33-30(20-40-5)11-24(19-39-4)12-32(33)41-6;1-5-17(2)24(29)34-27-11-19-6-20(12-27)10-26(9-19,16-27)25(30)33-13-18-7-21(14-31-3)23(28)22(8-18)15-32-4/h16-17,27-28,31-32H,5-15,18-25H2,1-4H3;8-9,11-14,25-26H,7,10,15-23H2,1-6H3;7-8,17,19-20,28H,5-6,9-16H2,1-4H3. The van der Waals surface area contributed by atoms with Crippen LogP contribution in [0.5, 0.6) is 23.0 Å². The van der Waals surface area contributed by atoms with Crippen LogP contribution < -0.4 is 14.2 Å². The zero-order valence-electron chi connectivity index (χ0n) is 76.4. The van der Waals surface area contributed by atoms with Crippen LogP contribution in [0.4, 0.5) is 0 Å². The zero-order valence-corrected chi connectivity index (χ0v) is 76.4. The van der Waals surface area contributed by atoms with Crippen molar-refractivity contribution in [2.75, 3.05) is 35.5 Å². The van der Waals surface area contributed by atoms with Gasteiger partial charge in [-0.1, -0.05) is 83.9 Å². The van der Waals surface area contributed by atoms with Crippen molar-refractivity contribution in [2.45, 2.75) is 355 Å². The second kappa shape index (κ2) is 38.8. The van der Waals surface area contributed by atoms with Crippen LogP contribution >= 0.6 is 0 Å². The van der Waals surface area contributed by atoms with E-state index in [1.54, 1.807) is 53.9 Å². The molecule has 123 heavy (non-hydrogen) atoms. The number of phenolic OH excluding ortho intramolecular Hbond substituents is 1. The second-order valence-corrected chi connectivity index (χ2v) is 41.1. The first-order valence-corrected chi connectivity index (χ1v) is 46.6. The van der Waals surface area contributed by atoms with Crippen molar-refractivity contribution in [1.29, 1.82) is 0 Å². The first kappa shape index (κ1) is 92.1. The van der Waals surface area contributed by atoms with Crippen LogP contribution in [0, 0.1) is 70.0 Å². The normalized spacial score (nSPS) is 28.7. The van der Waals surface area contributed by atoms with Gasteiger partial charge in [-0.15, -0.1) is 0 Å². The van der Waals surface area contributed by atoms with Crippen molar-refractivity contribution in [3.05, 3.63) is 116 Å². The number of fused-ring (bicyclic) bond motifs is 1. The number of rotatable bonds is 35. The maximum Gasteiger partial charge on any atom is 0.317 e. The topological polar surface area (TPSA) is 248 Å². The van der Waals surface area contributed by atoms with Gasteiger partial charge in [-0.25, -0.2) is 0 Å². The zero-order chi connectivity index (χ0) is 87.3. The Morgan fingerprint density at radius 2 is 0.919 bits per heavy atom. The van der Waals surface area contributed by atoms with Gasteiger partial charge in [0, 0.05) is 80.9 Å². The van der Waals surface area contributed by atoms with Gasteiger partial charge >= 0.3 is 29.8 Å². The summed E-state index contributed by atoms with van der Waals surface area (Å²) in [6.07, 6.45) is 32.3. The Morgan fingerprint density at radius 1 is 0.472 bits per heavy atom. The van der Waals surface area contributed by atoms with Crippen LogP contribution in [0.15, 0.2) is 65.3 Å². The molecule has 5 aromatic rings. The van der Waals surface area contributed by atoms with Gasteiger partial charge in [-0.05, 0) is 276 Å². The lowest BCUT2D eigenvalue weighted by Crippen LogP contribution is -2.61. The molecular formula is C102H142O21. The summed E-state index contributed by atoms with van der Waals surface area (Å²) in [6.45, 7) is 21.1. The maximum absolute atomic E-state index is 14.5. The highest BCUT2D eigenvalue weighted by atomic mass is 16.6. The van der Waals surface area contributed by atoms with E-state index in [4.69, 9.17) is 70.7 Å². The molecule has 14 aliphatic carbocycles. The maximum atomic E-state index is 14.5. The molecule has 14 saturated carbocycles. The van der Waals surface area contributed by atoms with Crippen molar-refractivity contribution in [3.8, 4) is 23.0 Å². The molecule has 1 heterocycles. The molecule has 1 aromatic heterocycles. The highest BCUT2D eigenvalue weighted by molar-refractivity contribution is 5.82. The minimum absolute atomic E-state index is 0.0783. The second-order valence-electron chi connectivity index (χ2n) is 41.1. The monoisotopic (exact) mass is 1700 g/mol. The molecule has 21 heteroatoms. The number of carbonyl (C=O) groups is 5. The third-order valence-electron chi connectivity index (χ3n) is 30.3. The molecule has 19 rings (SSSR count). The Balaban J connectivity index is 0.000000152. The number of esters is 5. The Labute approximate surface area is 730 Å². The number of hydrogen-bond donors (Lipinski definition) is 1. The third kappa shape index (κ3) is 21.0. The summed E-state index contributed by atoms with van der Waals surface area (Å²) in [7, 11) is 8.12. The first-order chi connectivity index (χ1) is 58.9. The number of methoxy groups -OCH3 is 5. The number of benzene rings is 4. The van der Waals surface area contributed by atoms with E-state index in [1.807, 2.05) is 72.7 Å². The lowest BCUT2D eigenvalue weighted by molar-refractivity contribution is -0.241. The Morgan fingerprint density at radius 3 is 1.41 bits per heavy atom. The minimum atomic E-state index is -0.616. The van der Waals surface area contributed by atoms with E-state index >= 15 is 0 Å². The summed E-state index contributed by atoms with van der Waals surface area (Å²) >= 11 is 0. The molecule has 0 spiro atoms. The molecule has 21 nitrogen and oxygen atoms in total. The SMILES string of the molecule is CCC(C)(C)C(=O)OC12CC3CC(C1)CC(C(=O)Oc1c(COC4CCCCC4)cc(C)cc1COC1CCCCC1)(C3)C2.CCC(C)(C)C(=O)OC12CC3CC(CC(OCc4cc5ccoc5cc4COc4c(COC)cc(COC)cc4OC)(C3)C1)C2.CCC(C)C(=O)OC12CC3CC(C1)CC(C(=O)OCc1cc(COC)c(O)c(COC)c1)(C3)C2. The Kier molecular flexibility index (Phi) is 29.1. The Bertz CT molecular complexity index is 4400. The predicted molar refractivity (Wildman–Crippen MR) is 465 cm³/mol. The fourth-order valence-electron chi connectivity index (χ4n) is 24.3. The fourth-order valence-corrected chi connectivity index (χ4v) is 24.3. The molecule has 676 valence electrons. The van der Waals surface area contributed by atoms with Crippen LogP contribution in [0.3, 0.4) is 0 Å². The Hall–Kier alpha value is -7.11. The summed E-state index contributed by atoms with van der Waals surface area (Å²) < 4.78 is 90.6. The number of aromatic hydroxyl groups is 1. The van der Waals surface area contributed by atoms with E-state index in [-0.39, 0.29) is 79.1 Å². The third-order valence-corrected chi connectivity index (χ3v) is 30.3. The summed E-state index contributed by atoms with van der Waals surface area (Å²) in [5.74, 6) is 3.85. The van der Waals surface area contributed by atoms with Crippen LogP contribution in [-0.4, -0.2) is 105 Å². The van der Waals surface area contributed by atoms with Gasteiger partial charge in [0.15, 0.2) is 11.5 Å². The van der Waals surface area contributed by atoms with Crippen molar-refractivity contribution in [1.82, 2.24) is 0 Å². The minimum Gasteiger partial charge on any atom is -0.507 e. The fraction of sp³-hybridized carbons (Fsp3) is 0.696. The number of hydrogen-bond acceptors (Lipinski definition) is 21. The van der Waals surface area contributed by atoms with E-state index in [9.17, 15) is 29.1 Å². The molecule has 7 unspecified atom stereocenters. The molecule has 4 aromatic carbocycles. The molecule has 12 bridgehead atoms. The van der Waals surface area contributed by atoms with Crippen LogP contribution in [0.25, 0.3) is 11.0 Å². The molecule has 14 aliphatic rings. The largest absolute Gasteiger partial charge is 0.507 e. The van der Waals surface area contributed by atoms with E-state index in [1.165, 1.54) is 44.9 Å². The van der Waals surface area contributed by atoms with Crippen molar-refractivity contribution >= 4 is 40.8 Å². The predicted octanol–water partition coefficient (Wildman–Crippen LogP) is 21.5. The van der Waals surface area contributed by atoms with Crippen molar-refractivity contribution < 1.29 is 99.8 Å². The summed E-state index contributed by atoms with van der Waals surface area (Å²) in [5.41, 5.74) is 5.78. The molecule has 0 aliphatic heterocycles. The van der Waals surface area contributed by atoms with Gasteiger partial charge in [-0.3, -0.25) is 24.0 Å². The van der Waals surface area contributed by atoms with Crippen LogP contribution in [-0.2, 0) is 136 Å². The van der Waals surface area contributed by atoms with Crippen LogP contribution in [0.1, 0.15) is 310 Å². The molecule has 7 atom stereocenters. The van der Waals surface area contributed by atoms with Crippen molar-refractivity contribution in [3.63, 3.8) is 0 Å². The lowest BCUT2D eigenvalue weighted by Gasteiger charge is -2.61.